The van der Waals surface area contributed by atoms with E-state index in [0.29, 0.717) is 0 Å². The molecule has 5 heteroatoms. The first-order valence-electron chi connectivity index (χ1n) is 6.08. The molecule has 0 aliphatic carbocycles. The van der Waals surface area contributed by atoms with Gasteiger partial charge in [0.05, 0.1) is 18.8 Å². The van der Waals surface area contributed by atoms with E-state index in [-0.39, 0.29) is 11.9 Å². The minimum atomic E-state index is -0.0862. The number of piperidine rings is 1. The second-order valence-corrected chi connectivity index (χ2v) is 5.19. The van der Waals surface area contributed by atoms with Gasteiger partial charge in [0.2, 0.25) is 5.91 Å². The predicted octanol–water partition coefficient (Wildman–Crippen LogP) is 2.54. The monoisotopic (exact) mass is 312 g/mol. The molecule has 4 nitrogen and oxygen atoms in total. The zero-order valence-corrected chi connectivity index (χ0v) is 11.9. The largest absolute Gasteiger partial charge is 0.497 e. The first-order valence-corrected chi connectivity index (χ1v) is 6.88. The van der Waals surface area contributed by atoms with E-state index in [1.54, 1.807) is 7.11 Å². The lowest BCUT2D eigenvalue weighted by molar-refractivity contribution is -0.118. The maximum atomic E-state index is 12.1. The second-order valence-electron chi connectivity index (χ2n) is 4.34. The van der Waals surface area contributed by atoms with Gasteiger partial charge in [-0.05, 0) is 47.4 Å². The van der Waals surface area contributed by atoms with Crippen molar-refractivity contribution in [3.8, 4) is 5.75 Å². The Labute approximate surface area is 115 Å². The summed E-state index contributed by atoms with van der Waals surface area (Å²) in [5.74, 6) is 0.744. The Bertz CT molecular complexity index is 431. The zero-order valence-electron chi connectivity index (χ0n) is 10.3. The van der Waals surface area contributed by atoms with Crippen LogP contribution in [0.1, 0.15) is 19.3 Å². The van der Waals surface area contributed by atoms with Crippen LogP contribution in [0.5, 0.6) is 5.75 Å². The van der Waals surface area contributed by atoms with Crippen molar-refractivity contribution in [2.45, 2.75) is 25.3 Å². The molecule has 0 aromatic heterocycles. The highest BCUT2D eigenvalue weighted by molar-refractivity contribution is 9.10. The van der Waals surface area contributed by atoms with Crippen LogP contribution in [0.15, 0.2) is 22.7 Å². The molecule has 1 heterocycles. The third kappa shape index (κ3) is 3.23. The lowest BCUT2D eigenvalue weighted by atomic mass is 10.0. The first-order chi connectivity index (χ1) is 8.70. The number of nitrogens with one attached hydrogen (secondary N) is 2. The Kier molecular flexibility index (Phi) is 4.60. The molecule has 1 saturated heterocycles. The van der Waals surface area contributed by atoms with E-state index >= 15 is 0 Å². The van der Waals surface area contributed by atoms with Crippen LogP contribution in [-0.2, 0) is 4.79 Å². The van der Waals surface area contributed by atoms with Crippen LogP contribution in [0, 0.1) is 0 Å². The number of carbonyl (C=O) groups excluding carboxylic acids is 1. The Balaban J connectivity index is 2.05. The van der Waals surface area contributed by atoms with Gasteiger partial charge in [-0.3, -0.25) is 4.79 Å². The molecule has 98 valence electrons. The van der Waals surface area contributed by atoms with Crippen LogP contribution in [-0.4, -0.2) is 25.6 Å². The summed E-state index contributed by atoms with van der Waals surface area (Å²) in [6, 6.07) is 5.43. The fraction of sp³-hybridized carbons (Fsp3) is 0.462. The van der Waals surface area contributed by atoms with E-state index in [1.165, 1.54) is 0 Å². The number of rotatable bonds is 3. The van der Waals surface area contributed by atoms with Gasteiger partial charge in [-0.1, -0.05) is 6.42 Å². The Morgan fingerprint density at radius 2 is 2.33 bits per heavy atom. The van der Waals surface area contributed by atoms with E-state index in [0.717, 1.165) is 41.7 Å². The maximum Gasteiger partial charge on any atom is 0.241 e. The zero-order chi connectivity index (χ0) is 13.0. The number of amides is 1. The van der Waals surface area contributed by atoms with Crippen LogP contribution in [0.3, 0.4) is 0 Å². The summed E-state index contributed by atoms with van der Waals surface area (Å²) < 4.78 is 6.00. The van der Waals surface area contributed by atoms with Gasteiger partial charge in [0, 0.05) is 10.5 Å². The molecule has 2 N–H and O–H groups in total. The fourth-order valence-corrected chi connectivity index (χ4v) is 2.37. The molecule has 2 rings (SSSR count). The van der Waals surface area contributed by atoms with Crippen LogP contribution in [0.4, 0.5) is 5.69 Å². The van der Waals surface area contributed by atoms with Crippen LogP contribution < -0.4 is 15.4 Å². The number of ether oxygens (including phenoxy) is 1. The summed E-state index contributed by atoms with van der Waals surface area (Å²) in [5.41, 5.74) is 0.742. The normalized spacial score (nSPS) is 19.3. The highest BCUT2D eigenvalue weighted by Crippen LogP contribution is 2.27. The van der Waals surface area contributed by atoms with Gasteiger partial charge in [-0.25, -0.2) is 0 Å². The third-order valence-corrected chi connectivity index (χ3v) is 3.75. The molecule has 1 aliphatic rings. The van der Waals surface area contributed by atoms with Crippen LogP contribution in [0.2, 0.25) is 0 Å². The van der Waals surface area contributed by atoms with Crippen molar-refractivity contribution >= 4 is 27.5 Å². The number of hydrogen-bond acceptors (Lipinski definition) is 3. The molecular formula is C13H17BrN2O2. The van der Waals surface area contributed by atoms with Crippen molar-refractivity contribution in [2.24, 2.45) is 0 Å². The number of benzene rings is 1. The third-order valence-electron chi connectivity index (χ3n) is 3.06. The average molecular weight is 313 g/mol. The maximum absolute atomic E-state index is 12.1. The highest BCUT2D eigenvalue weighted by atomic mass is 79.9. The average Bonchev–Trinajstić information content (AvgIpc) is 2.42. The minimum Gasteiger partial charge on any atom is -0.497 e. The van der Waals surface area contributed by atoms with Crippen LogP contribution in [0.25, 0.3) is 0 Å². The molecule has 18 heavy (non-hydrogen) atoms. The summed E-state index contributed by atoms with van der Waals surface area (Å²) in [6.07, 6.45) is 3.14. The SMILES string of the molecule is COc1ccc(Br)c(NC(=O)[C@@H]2CCCCN2)c1. The number of hydrogen-bond donors (Lipinski definition) is 2. The molecule has 1 atom stereocenters. The molecular weight excluding hydrogens is 296 g/mol. The van der Waals surface area contributed by atoms with Gasteiger partial charge < -0.3 is 15.4 Å². The van der Waals surface area contributed by atoms with Gasteiger partial charge in [-0.2, -0.15) is 0 Å². The molecule has 1 amide bonds. The molecule has 0 bridgehead atoms. The number of methoxy groups -OCH3 is 1. The first kappa shape index (κ1) is 13.4. The number of halogens is 1. The quantitative estimate of drug-likeness (QED) is 0.901. The molecule has 0 radical (unpaired) electrons. The molecule has 0 saturated carbocycles. The molecule has 1 fully saturated rings. The topological polar surface area (TPSA) is 50.4 Å². The van der Waals surface area contributed by atoms with Gasteiger partial charge in [0.1, 0.15) is 5.75 Å². The smallest absolute Gasteiger partial charge is 0.241 e. The fourth-order valence-electron chi connectivity index (χ4n) is 2.02. The summed E-state index contributed by atoms with van der Waals surface area (Å²) in [6.45, 7) is 0.914. The minimum absolute atomic E-state index is 0.0173. The van der Waals surface area contributed by atoms with Crippen molar-refractivity contribution in [1.29, 1.82) is 0 Å². The van der Waals surface area contributed by atoms with Crippen molar-refractivity contribution < 1.29 is 9.53 Å². The Morgan fingerprint density at radius 1 is 1.50 bits per heavy atom. The number of anilines is 1. The van der Waals surface area contributed by atoms with Gasteiger partial charge in [0.25, 0.3) is 0 Å². The molecule has 1 aliphatic heterocycles. The van der Waals surface area contributed by atoms with E-state index in [1.807, 2.05) is 18.2 Å². The lowest BCUT2D eigenvalue weighted by Gasteiger charge is -2.22. The summed E-state index contributed by atoms with van der Waals surface area (Å²) in [4.78, 5) is 12.1. The summed E-state index contributed by atoms with van der Waals surface area (Å²) >= 11 is 3.42. The number of carbonyl (C=O) groups is 1. The van der Waals surface area contributed by atoms with Crippen molar-refractivity contribution in [3.63, 3.8) is 0 Å². The van der Waals surface area contributed by atoms with E-state index in [9.17, 15) is 4.79 Å². The van der Waals surface area contributed by atoms with E-state index in [4.69, 9.17) is 4.74 Å². The van der Waals surface area contributed by atoms with E-state index in [2.05, 4.69) is 26.6 Å². The standard InChI is InChI=1S/C13H17BrN2O2/c1-18-9-5-6-10(14)12(8-9)16-13(17)11-4-2-3-7-15-11/h5-6,8,11,15H,2-4,7H2,1H3,(H,16,17)/t11-/m0/s1. The van der Waals surface area contributed by atoms with Crippen molar-refractivity contribution in [3.05, 3.63) is 22.7 Å². The molecule has 1 aromatic carbocycles. The molecule has 1 aromatic rings. The van der Waals surface area contributed by atoms with Crippen LogP contribution >= 0.6 is 15.9 Å². The van der Waals surface area contributed by atoms with Crippen molar-refractivity contribution in [1.82, 2.24) is 5.32 Å². The van der Waals surface area contributed by atoms with Gasteiger partial charge in [0.15, 0.2) is 0 Å². The van der Waals surface area contributed by atoms with E-state index < -0.39 is 0 Å². The van der Waals surface area contributed by atoms with Crippen molar-refractivity contribution in [2.75, 3.05) is 19.0 Å². The summed E-state index contributed by atoms with van der Waals surface area (Å²) in [7, 11) is 1.61. The Hall–Kier alpha value is -1.07. The molecule has 0 unspecified atom stereocenters. The highest BCUT2D eigenvalue weighted by Gasteiger charge is 2.21. The lowest BCUT2D eigenvalue weighted by Crippen LogP contribution is -2.43. The Morgan fingerprint density at radius 3 is 3.00 bits per heavy atom. The second kappa shape index (κ2) is 6.20. The predicted molar refractivity (Wildman–Crippen MR) is 75.0 cm³/mol. The molecule has 0 spiro atoms. The van der Waals surface area contributed by atoms with Gasteiger partial charge >= 0.3 is 0 Å². The van der Waals surface area contributed by atoms with Gasteiger partial charge in [-0.15, -0.1) is 0 Å². The summed E-state index contributed by atoms with van der Waals surface area (Å²) in [5, 5.41) is 6.15.